The summed E-state index contributed by atoms with van der Waals surface area (Å²) in [5, 5.41) is 1.08. The van der Waals surface area contributed by atoms with Gasteiger partial charge in [0, 0.05) is 36.7 Å². The third-order valence-corrected chi connectivity index (χ3v) is 11.1. The highest BCUT2D eigenvalue weighted by Gasteiger charge is 2.28. The topological polar surface area (TPSA) is 34.2 Å². The fourth-order valence-electron chi connectivity index (χ4n) is 6.37. The maximum absolute atomic E-state index is 6.96. The smallest absolute Gasteiger partial charge is 0.181 e. The molecule has 0 saturated carbocycles. The summed E-state index contributed by atoms with van der Waals surface area (Å²) < 4.78 is 13.9. The highest BCUT2D eigenvalue weighted by atomic mass is 32.1. The van der Waals surface area contributed by atoms with E-state index >= 15 is 0 Å². The summed E-state index contributed by atoms with van der Waals surface area (Å²) >= 11 is 3.55. The van der Waals surface area contributed by atoms with Gasteiger partial charge in [-0.3, -0.25) is 0 Å². The Kier molecular flexibility index (Phi) is 8.16. The average molecular weight is 674 g/mol. The molecule has 49 heavy (non-hydrogen) atoms. The Morgan fingerprint density at radius 2 is 0.939 bits per heavy atom. The van der Waals surface area contributed by atoms with Crippen LogP contribution in [0.25, 0.3) is 52.7 Å². The fourth-order valence-corrected chi connectivity index (χ4v) is 8.65. The molecule has 3 nitrogen and oxygen atoms in total. The lowest BCUT2D eigenvalue weighted by molar-refractivity contribution is 0.422. The Morgan fingerprint density at radius 1 is 0.469 bits per heavy atom. The first-order chi connectivity index (χ1) is 23.9. The Hall–Kier alpha value is -5.36. The van der Waals surface area contributed by atoms with E-state index in [1.807, 2.05) is 66.9 Å². The predicted molar refractivity (Wildman–Crippen MR) is 208 cm³/mol. The number of rotatable bonds is 8. The van der Waals surface area contributed by atoms with E-state index in [9.17, 15) is 0 Å². The molecule has 3 heterocycles. The molecule has 5 heteroatoms. The van der Waals surface area contributed by atoms with E-state index in [-0.39, 0.29) is 0 Å². The van der Waals surface area contributed by atoms with Crippen LogP contribution < -0.4 is 9.47 Å². The van der Waals surface area contributed by atoms with Gasteiger partial charge in [-0.25, -0.2) is 0 Å². The number of aryl methyl sites for hydroxylation is 4. The molecular weight excluding hydrogens is 639 g/mol. The number of fused-ring (bicyclic) bond motifs is 1. The number of aromatic amines is 1. The molecule has 8 aromatic rings. The van der Waals surface area contributed by atoms with Crippen molar-refractivity contribution in [2.75, 3.05) is 0 Å². The van der Waals surface area contributed by atoms with Crippen molar-refractivity contribution < 1.29 is 9.47 Å². The van der Waals surface area contributed by atoms with Crippen LogP contribution in [0.4, 0.5) is 0 Å². The highest BCUT2D eigenvalue weighted by Crippen LogP contribution is 2.56. The summed E-state index contributed by atoms with van der Waals surface area (Å²) in [4.78, 5) is 8.26. The van der Waals surface area contributed by atoms with Crippen LogP contribution in [0, 0.1) is 27.7 Å². The standard InChI is InChI=1S/C44H35NO2S2/c1-27-15-17-29(3)34(25-27)36-19-21-38(48-36)40-33-23-24-45-42(33)41(39-22-20-37(49-39)35-26-28(2)16-18-30(35)4)44(47-32-13-9-6-10-14-32)43(40)46-31-11-7-5-8-12-31/h5-26,45H,1-4H3. The van der Waals surface area contributed by atoms with Crippen molar-refractivity contribution in [1.29, 1.82) is 0 Å². The Labute approximate surface area is 295 Å². The molecule has 240 valence electrons. The molecule has 0 saturated heterocycles. The van der Waals surface area contributed by atoms with Gasteiger partial charge in [-0.05, 0) is 105 Å². The number of hydrogen-bond donors (Lipinski definition) is 1. The number of aromatic nitrogens is 1. The van der Waals surface area contributed by atoms with E-state index in [0.29, 0.717) is 11.5 Å². The summed E-state index contributed by atoms with van der Waals surface area (Å²) in [5.41, 5.74) is 10.5. The number of benzene rings is 5. The van der Waals surface area contributed by atoms with Crippen molar-refractivity contribution in [3.05, 3.63) is 156 Å². The lowest BCUT2D eigenvalue weighted by Gasteiger charge is -2.20. The van der Waals surface area contributed by atoms with Gasteiger partial charge in [0.05, 0.1) is 11.1 Å². The number of ether oxygens (including phenoxy) is 2. The van der Waals surface area contributed by atoms with Crippen molar-refractivity contribution >= 4 is 33.6 Å². The zero-order chi connectivity index (χ0) is 33.5. The first kappa shape index (κ1) is 30.9. The molecule has 1 N–H and O–H groups in total. The summed E-state index contributed by atoms with van der Waals surface area (Å²) in [7, 11) is 0. The zero-order valence-corrected chi connectivity index (χ0v) is 29.5. The lowest BCUT2D eigenvalue weighted by Crippen LogP contribution is -1.97. The van der Waals surface area contributed by atoms with Crippen LogP contribution in [0.5, 0.6) is 23.0 Å². The normalized spacial score (nSPS) is 11.3. The lowest BCUT2D eigenvalue weighted by atomic mass is 9.99. The summed E-state index contributed by atoms with van der Waals surface area (Å²) in [5.74, 6) is 2.85. The van der Waals surface area contributed by atoms with Crippen LogP contribution in [-0.4, -0.2) is 4.98 Å². The first-order valence-corrected chi connectivity index (χ1v) is 18.0. The molecular formula is C44H35NO2S2. The van der Waals surface area contributed by atoms with Gasteiger partial charge < -0.3 is 14.5 Å². The molecule has 0 aliphatic rings. The van der Waals surface area contributed by atoms with Gasteiger partial charge >= 0.3 is 0 Å². The van der Waals surface area contributed by atoms with Gasteiger partial charge in [0.25, 0.3) is 0 Å². The molecule has 8 rings (SSSR count). The van der Waals surface area contributed by atoms with Crippen LogP contribution in [-0.2, 0) is 0 Å². The number of nitrogens with one attached hydrogen (secondary N) is 1. The van der Waals surface area contributed by atoms with Gasteiger partial charge in [-0.15, -0.1) is 22.7 Å². The minimum atomic E-state index is 0.677. The minimum Gasteiger partial charge on any atom is -0.453 e. The molecule has 0 unspecified atom stereocenters. The van der Waals surface area contributed by atoms with E-state index < -0.39 is 0 Å². The predicted octanol–water partition coefficient (Wildman–Crippen LogP) is 13.8. The van der Waals surface area contributed by atoms with Gasteiger partial charge in [0.15, 0.2) is 11.5 Å². The molecule has 3 aromatic heterocycles. The number of H-pyrrole nitrogens is 1. The maximum atomic E-state index is 6.96. The average Bonchev–Trinajstić information content (AvgIpc) is 3.90. The van der Waals surface area contributed by atoms with E-state index in [1.54, 1.807) is 22.7 Å². The summed E-state index contributed by atoms with van der Waals surface area (Å²) in [6.45, 7) is 8.65. The molecule has 5 aromatic carbocycles. The molecule has 0 aliphatic heterocycles. The van der Waals surface area contributed by atoms with E-state index in [0.717, 1.165) is 43.3 Å². The third-order valence-electron chi connectivity index (χ3n) is 8.87. The first-order valence-electron chi connectivity index (χ1n) is 16.4. The third kappa shape index (κ3) is 5.97. The van der Waals surface area contributed by atoms with Crippen molar-refractivity contribution in [1.82, 2.24) is 4.98 Å². The van der Waals surface area contributed by atoms with Crippen molar-refractivity contribution in [2.24, 2.45) is 0 Å². The van der Waals surface area contributed by atoms with Gasteiger partial charge in [-0.1, -0.05) is 83.9 Å². The molecule has 0 fully saturated rings. The Morgan fingerprint density at radius 3 is 1.47 bits per heavy atom. The number of thiophene rings is 2. The number of hydrogen-bond acceptors (Lipinski definition) is 4. The minimum absolute atomic E-state index is 0.677. The van der Waals surface area contributed by atoms with Crippen molar-refractivity contribution in [2.45, 2.75) is 27.7 Å². The second kappa shape index (κ2) is 12.9. The van der Waals surface area contributed by atoms with Crippen LogP contribution in [0.1, 0.15) is 22.3 Å². The van der Waals surface area contributed by atoms with Gasteiger partial charge in [0.1, 0.15) is 11.5 Å². The molecule has 0 bridgehead atoms. The second-order valence-corrected chi connectivity index (χ2v) is 14.6. The quantitative estimate of drug-likeness (QED) is 0.174. The van der Waals surface area contributed by atoms with Crippen molar-refractivity contribution in [3.63, 3.8) is 0 Å². The van der Waals surface area contributed by atoms with Crippen LogP contribution in [0.3, 0.4) is 0 Å². The number of para-hydroxylation sites is 2. The summed E-state index contributed by atoms with van der Waals surface area (Å²) in [6, 6.07) is 44.3. The van der Waals surface area contributed by atoms with E-state index in [2.05, 4.69) is 99.4 Å². The fraction of sp³-hybridized carbons (Fsp3) is 0.0909. The second-order valence-electron chi connectivity index (χ2n) is 12.5. The Bertz CT molecular complexity index is 2260. The van der Waals surface area contributed by atoms with Gasteiger partial charge in [0.2, 0.25) is 0 Å². The zero-order valence-electron chi connectivity index (χ0n) is 27.8. The van der Waals surface area contributed by atoms with Crippen LogP contribution in [0.2, 0.25) is 0 Å². The van der Waals surface area contributed by atoms with E-state index in [4.69, 9.17) is 9.47 Å². The van der Waals surface area contributed by atoms with Gasteiger partial charge in [-0.2, -0.15) is 0 Å². The van der Waals surface area contributed by atoms with E-state index in [1.165, 1.54) is 43.1 Å². The maximum Gasteiger partial charge on any atom is 0.181 e. The highest BCUT2D eigenvalue weighted by molar-refractivity contribution is 7.19. The van der Waals surface area contributed by atoms with Crippen LogP contribution >= 0.6 is 22.7 Å². The summed E-state index contributed by atoms with van der Waals surface area (Å²) in [6.07, 6.45) is 2.02. The molecule has 0 amide bonds. The SMILES string of the molecule is Cc1ccc(C)c(-c2ccc(-c3c(Oc4ccccc4)c(Oc4ccccc4)c(-c4ccc(-c5cc(C)ccc5C)s4)c4[nH]ccc34)s2)c1. The molecule has 0 spiro atoms. The largest absolute Gasteiger partial charge is 0.453 e. The monoisotopic (exact) mass is 673 g/mol. The molecule has 0 atom stereocenters. The molecule has 0 aliphatic carbocycles. The molecule has 0 radical (unpaired) electrons. The van der Waals surface area contributed by atoms with Crippen molar-refractivity contribution in [3.8, 4) is 64.8 Å². The Balaban J connectivity index is 1.40. The van der Waals surface area contributed by atoms with Crippen LogP contribution in [0.15, 0.2) is 134 Å².